The van der Waals surface area contributed by atoms with E-state index in [4.69, 9.17) is 4.98 Å². The van der Waals surface area contributed by atoms with Crippen LogP contribution in [0.2, 0.25) is 0 Å². The molecular formula is C19H18BrN3O. The van der Waals surface area contributed by atoms with Gasteiger partial charge in [-0.15, -0.1) is 0 Å². The van der Waals surface area contributed by atoms with Crippen LogP contribution in [0.4, 0.5) is 0 Å². The van der Waals surface area contributed by atoms with E-state index in [1.807, 2.05) is 43.3 Å². The van der Waals surface area contributed by atoms with Crippen molar-refractivity contribution in [3.8, 4) is 0 Å². The number of nitrogens with one attached hydrogen (secondary N) is 1. The Kier molecular flexibility index (Phi) is 4.81. The molecule has 1 heterocycles. The minimum absolute atomic E-state index is 0.205. The molecule has 1 N–H and O–H groups in total. The third-order valence-electron chi connectivity index (χ3n) is 3.85. The first kappa shape index (κ1) is 16.5. The van der Waals surface area contributed by atoms with Crippen LogP contribution >= 0.6 is 15.9 Å². The van der Waals surface area contributed by atoms with Gasteiger partial charge in [0.25, 0.3) is 0 Å². The summed E-state index contributed by atoms with van der Waals surface area (Å²) in [7, 11) is 0. The SMILES string of the molecule is C=CC(=O)NC(C)c1nc2ccccc2n1Cc1cccc(Br)c1. The summed E-state index contributed by atoms with van der Waals surface area (Å²) in [5, 5.41) is 2.89. The van der Waals surface area contributed by atoms with Crippen LogP contribution in [0.1, 0.15) is 24.4 Å². The molecule has 1 atom stereocenters. The first-order chi connectivity index (χ1) is 11.6. The highest BCUT2D eigenvalue weighted by Crippen LogP contribution is 2.23. The van der Waals surface area contributed by atoms with E-state index >= 15 is 0 Å². The van der Waals surface area contributed by atoms with Gasteiger partial charge in [-0.3, -0.25) is 4.79 Å². The molecule has 0 aliphatic carbocycles. The Balaban J connectivity index is 2.04. The van der Waals surface area contributed by atoms with Crippen molar-refractivity contribution in [1.29, 1.82) is 0 Å². The number of amides is 1. The number of hydrogen-bond donors (Lipinski definition) is 1. The topological polar surface area (TPSA) is 46.9 Å². The zero-order valence-electron chi connectivity index (χ0n) is 13.4. The molecule has 0 spiro atoms. The molecule has 0 bridgehead atoms. The maximum Gasteiger partial charge on any atom is 0.243 e. The first-order valence-electron chi connectivity index (χ1n) is 7.71. The summed E-state index contributed by atoms with van der Waals surface area (Å²) < 4.78 is 3.18. The highest BCUT2D eigenvalue weighted by Gasteiger charge is 2.17. The molecule has 0 aliphatic rings. The van der Waals surface area contributed by atoms with Crippen LogP contribution in [0.25, 0.3) is 11.0 Å². The summed E-state index contributed by atoms with van der Waals surface area (Å²) in [6, 6.07) is 16.0. The van der Waals surface area contributed by atoms with E-state index in [-0.39, 0.29) is 11.9 Å². The summed E-state index contributed by atoms with van der Waals surface area (Å²) in [6.07, 6.45) is 1.28. The highest BCUT2D eigenvalue weighted by atomic mass is 79.9. The van der Waals surface area contributed by atoms with Crippen LogP contribution in [-0.4, -0.2) is 15.5 Å². The quantitative estimate of drug-likeness (QED) is 0.670. The number of nitrogens with zero attached hydrogens (tertiary/aromatic N) is 2. The Labute approximate surface area is 149 Å². The van der Waals surface area contributed by atoms with Gasteiger partial charge in [-0.1, -0.05) is 46.8 Å². The number of halogens is 1. The Morgan fingerprint density at radius 3 is 2.88 bits per heavy atom. The Hall–Kier alpha value is -2.40. The fraction of sp³-hybridized carbons (Fsp3) is 0.158. The van der Waals surface area contributed by atoms with E-state index in [9.17, 15) is 4.79 Å². The molecule has 1 aromatic heterocycles. The van der Waals surface area contributed by atoms with Gasteiger partial charge in [0.2, 0.25) is 5.91 Å². The van der Waals surface area contributed by atoms with Crippen LogP contribution < -0.4 is 5.32 Å². The second kappa shape index (κ2) is 7.01. The van der Waals surface area contributed by atoms with Crippen LogP contribution in [0.5, 0.6) is 0 Å². The number of aromatic nitrogens is 2. The van der Waals surface area contributed by atoms with Gasteiger partial charge in [-0.2, -0.15) is 0 Å². The lowest BCUT2D eigenvalue weighted by molar-refractivity contribution is -0.117. The standard InChI is InChI=1S/C19H18BrN3O/c1-3-18(24)21-13(2)19-22-16-9-4-5-10-17(16)23(19)12-14-7-6-8-15(20)11-14/h3-11,13H,1,12H2,2H3,(H,21,24). The second-order valence-electron chi connectivity index (χ2n) is 5.61. The van der Waals surface area contributed by atoms with Gasteiger partial charge in [0, 0.05) is 11.0 Å². The predicted molar refractivity (Wildman–Crippen MR) is 99.7 cm³/mol. The van der Waals surface area contributed by atoms with Crippen LogP contribution in [0.15, 0.2) is 65.7 Å². The van der Waals surface area contributed by atoms with E-state index in [1.165, 1.54) is 6.08 Å². The summed E-state index contributed by atoms with van der Waals surface area (Å²) in [5.41, 5.74) is 3.13. The summed E-state index contributed by atoms with van der Waals surface area (Å²) in [6.45, 7) is 6.12. The number of carbonyl (C=O) groups is 1. The Bertz CT molecular complexity index is 901. The molecule has 2 aromatic carbocycles. The summed E-state index contributed by atoms with van der Waals surface area (Å²) in [4.78, 5) is 16.4. The van der Waals surface area contributed by atoms with Crippen molar-refractivity contribution in [3.63, 3.8) is 0 Å². The smallest absolute Gasteiger partial charge is 0.243 e. The third-order valence-corrected chi connectivity index (χ3v) is 4.34. The molecule has 0 saturated heterocycles. The van der Waals surface area contributed by atoms with Crippen molar-refractivity contribution in [2.75, 3.05) is 0 Å². The van der Waals surface area contributed by atoms with Crippen LogP contribution in [0.3, 0.4) is 0 Å². The molecule has 3 rings (SSSR count). The molecule has 1 unspecified atom stereocenters. The van der Waals surface area contributed by atoms with Gasteiger partial charge < -0.3 is 9.88 Å². The maximum absolute atomic E-state index is 11.7. The molecule has 1 amide bonds. The predicted octanol–water partition coefficient (Wildman–Crippen LogP) is 4.21. The van der Waals surface area contributed by atoms with Crippen molar-refractivity contribution in [2.24, 2.45) is 0 Å². The number of hydrogen-bond acceptors (Lipinski definition) is 2. The fourth-order valence-electron chi connectivity index (χ4n) is 2.75. The van der Waals surface area contributed by atoms with Gasteiger partial charge in [0.05, 0.1) is 17.1 Å². The van der Waals surface area contributed by atoms with Crippen molar-refractivity contribution in [2.45, 2.75) is 19.5 Å². The van der Waals surface area contributed by atoms with E-state index in [2.05, 4.69) is 44.5 Å². The lowest BCUT2D eigenvalue weighted by Crippen LogP contribution is -2.27. The zero-order chi connectivity index (χ0) is 17.1. The molecule has 5 heteroatoms. The molecule has 122 valence electrons. The van der Waals surface area contributed by atoms with Crippen LogP contribution in [-0.2, 0) is 11.3 Å². The second-order valence-corrected chi connectivity index (χ2v) is 6.52. The van der Waals surface area contributed by atoms with E-state index < -0.39 is 0 Å². The van der Waals surface area contributed by atoms with Gasteiger partial charge >= 0.3 is 0 Å². The van der Waals surface area contributed by atoms with E-state index in [1.54, 1.807) is 0 Å². The summed E-state index contributed by atoms with van der Waals surface area (Å²) in [5.74, 6) is 0.620. The normalized spacial score (nSPS) is 12.1. The fourth-order valence-corrected chi connectivity index (χ4v) is 3.19. The Morgan fingerprint density at radius 2 is 2.12 bits per heavy atom. The number of para-hydroxylation sites is 2. The lowest BCUT2D eigenvalue weighted by Gasteiger charge is -2.16. The van der Waals surface area contributed by atoms with Gasteiger partial charge in [0.15, 0.2) is 0 Å². The molecule has 0 radical (unpaired) electrons. The number of imidazole rings is 1. The molecule has 0 fully saturated rings. The third kappa shape index (κ3) is 3.41. The average molecular weight is 384 g/mol. The minimum Gasteiger partial charge on any atom is -0.343 e. The molecule has 4 nitrogen and oxygen atoms in total. The van der Waals surface area contributed by atoms with E-state index in [0.29, 0.717) is 6.54 Å². The Morgan fingerprint density at radius 1 is 1.33 bits per heavy atom. The van der Waals surface area contributed by atoms with Gasteiger partial charge in [-0.05, 0) is 42.8 Å². The monoisotopic (exact) mass is 383 g/mol. The minimum atomic E-state index is -0.213. The number of benzene rings is 2. The summed E-state index contributed by atoms with van der Waals surface area (Å²) >= 11 is 3.51. The molecule has 0 saturated carbocycles. The maximum atomic E-state index is 11.7. The lowest BCUT2D eigenvalue weighted by atomic mass is 10.2. The van der Waals surface area contributed by atoms with Crippen molar-refractivity contribution >= 4 is 32.9 Å². The molecule has 0 aliphatic heterocycles. The van der Waals surface area contributed by atoms with Crippen molar-refractivity contribution in [3.05, 3.63) is 77.0 Å². The van der Waals surface area contributed by atoms with E-state index in [0.717, 1.165) is 26.9 Å². The van der Waals surface area contributed by atoms with Crippen molar-refractivity contribution < 1.29 is 4.79 Å². The molecular weight excluding hydrogens is 366 g/mol. The van der Waals surface area contributed by atoms with Crippen molar-refractivity contribution in [1.82, 2.24) is 14.9 Å². The number of fused-ring (bicyclic) bond motifs is 1. The number of rotatable bonds is 5. The molecule has 24 heavy (non-hydrogen) atoms. The first-order valence-corrected chi connectivity index (χ1v) is 8.50. The van der Waals surface area contributed by atoms with Crippen LogP contribution in [0, 0.1) is 0 Å². The zero-order valence-corrected chi connectivity index (χ0v) is 15.0. The average Bonchev–Trinajstić information content (AvgIpc) is 2.93. The van der Waals surface area contributed by atoms with Gasteiger partial charge in [0.1, 0.15) is 5.82 Å². The highest BCUT2D eigenvalue weighted by molar-refractivity contribution is 9.10. The van der Waals surface area contributed by atoms with Gasteiger partial charge in [-0.25, -0.2) is 4.98 Å². The largest absolute Gasteiger partial charge is 0.343 e. The molecule has 3 aromatic rings. The number of carbonyl (C=O) groups excluding carboxylic acids is 1.